The maximum Gasteiger partial charge on any atom is 0.258 e. The van der Waals surface area contributed by atoms with E-state index < -0.39 is 0 Å². The molecule has 0 radical (unpaired) electrons. The van der Waals surface area contributed by atoms with E-state index in [0.717, 1.165) is 11.1 Å². The Morgan fingerprint density at radius 3 is 3.00 bits per heavy atom. The number of aromatic nitrogens is 2. The third-order valence-electron chi connectivity index (χ3n) is 3.04. The monoisotopic (exact) mass is 329 g/mol. The third kappa shape index (κ3) is 3.75. The normalized spacial score (nSPS) is 10.5. The first kappa shape index (κ1) is 15.2. The molecule has 7 heteroatoms. The lowest BCUT2D eigenvalue weighted by atomic mass is 10.2. The van der Waals surface area contributed by atoms with Gasteiger partial charge in [0.15, 0.2) is 6.61 Å². The molecule has 0 fully saturated rings. The topological polar surface area (TPSA) is 77.2 Å². The SMILES string of the molecule is CC(=O)Nc1ccc(C)cc1OCc1noc(-c2ccsc2)n1. The molecule has 0 aliphatic rings. The van der Waals surface area contributed by atoms with Crippen molar-refractivity contribution < 1.29 is 14.1 Å². The maximum absolute atomic E-state index is 11.3. The van der Waals surface area contributed by atoms with Crippen molar-refractivity contribution in [1.29, 1.82) is 0 Å². The fourth-order valence-corrected chi connectivity index (χ4v) is 2.63. The van der Waals surface area contributed by atoms with E-state index in [0.29, 0.717) is 23.2 Å². The zero-order valence-electron chi connectivity index (χ0n) is 12.7. The first-order chi connectivity index (χ1) is 11.1. The van der Waals surface area contributed by atoms with E-state index in [1.165, 1.54) is 6.92 Å². The minimum atomic E-state index is -0.155. The Bertz CT molecular complexity index is 812. The van der Waals surface area contributed by atoms with Crippen LogP contribution in [0.15, 0.2) is 39.5 Å². The number of rotatable bonds is 5. The summed E-state index contributed by atoms with van der Waals surface area (Å²) in [5.41, 5.74) is 2.54. The summed E-state index contributed by atoms with van der Waals surface area (Å²) in [6.07, 6.45) is 0. The van der Waals surface area contributed by atoms with Crippen LogP contribution < -0.4 is 10.1 Å². The molecule has 1 aromatic carbocycles. The van der Waals surface area contributed by atoms with Crippen LogP contribution in [0.5, 0.6) is 5.75 Å². The number of carbonyl (C=O) groups is 1. The van der Waals surface area contributed by atoms with Crippen molar-refractivity contribution in [3.05, 3.63) is 46.4 Å². The standard InChI is InChI=1S/C16H15N3O3S/c1-10-3-4-13(17-11(2)20)14(7-10)21-8-15-18-16(22-19-15)12-5-6-23-9-12/h3-7,9H,8H2,1-2H3,(H,17,20). The van der Waals surface area contributed by atoms with E-state index in [1.54, 1.807) is 17.4 Å². The highest BCUT2D eigenvalue weighted by atomic mass is 32.1. The van der Waals surface area contributed by atoms with Crippen LogP contribution in [0, 0.1) is 6.92 Å². The lowest BCUT2D eigenvalue weighted by Crippen LogP contribution is -2.08. The van der Waals surface area contributed by atoms with Crippen molar-refractivity contribution in [2.24, 2.45) is 0 Å². The zero-order chi connectivity index (χ0) is 16.2. The maximum atomic E-state index is 11.3. The Labute approximate surface area is 137 Å². The molecule has 0 unspecified atom stereocenters. The average Bonchev–Trinajstić information content (AvgIpc) is 3.17. The van der Waals surface area contributed by atoms with Crippen molar-refractivity contribution in [3.63, 3.8) is 0 Å². The van der Waals surface area contributed by atoms with Crippen LogP contribution in [-0.2, 0) is 11.4 Å². The van der Waals surface area contributed by atoms with E-state index >= 15 is 0 Å². The van der Waals surface area contributed by atoms with Crippen molar-refractivity contribution >= 4 is 22.9 Å². The number of aryl methyl sites for hydroxylation is 1. The molecule has 0 bridgehead atoms. The van der Waals surface area contributed by atoms with E-state index in [1.807, 2.05) is 35.9 Å². The smallest absolute Gasteiger partial charge is 0.258 e. The van der Waals surface area contributed by atoms with Gasteiger partial charge in [-0.1, -0.05) is 11.2 Å². The first-order valence-corrected chi connectivity index (χ1v) is 7.92. The van der Waals surface area contributed by atoms with Gasteiger partial charge in [-0.2, -0.15) is 16.3 Å². The van der Waals surface area contributed by atoms with Gasteiger partial charge in [-0.25, -0.2) is 0 Å². The van der Waals surface area contributed by atoms with E-state index in [-0.39, 0.29) is 12.5 Å². The van der Waals surface area contributed by atoms with Gasteiger partial charge in [-0.15, -0.1) is 0 Å². The molecule has 0 saturated heterocycles. The van der Waals surface area contributed by atoms with Crippen LogP contribution in [-0.4, -0.2) is 16.0 Å². The number of ether oxygens (including phenoxy) is 1. The quantitative estimate of drug-likeness (QED) is 0.773. The Kier molecular flexibility index (Phi) is 4.38. The Morgan fingerprint density at radius 1 is 1.39 bits per heavy atom. The molecular formula is C16H15N3O3S. The second-order valence-electron chi connectivity index (χ2n) is 5.00. The average molecular weight is 329 g/mol. The molecule has 2 aromatic heterocycles. The number of nitrogens with one attached hydrogen (secondary N) is 1. The minimum Gasteiger partial charge on any atom is -0.483 e. The first-order valence-electron chi connectivity index (χ1n) is 6.98. The van der Waals surface area contributed by atoms with Gasteiger partial charge in [0.2, 0.25) is 11.7 Å². The highest BCUT2D eigenvalue weighted by molar-refractivity contribution is 7.08. The molecule has 0 spiro atoms. The second-order valence-corrected chi connectivity index (χ2v) is 5.78. The van der Waals surface area contributed by atoms with Crippen LogP contribution in [0.25, 0.3) is 11.5 Å². The van der Waals surface area contributed by atoms with Crippen molar-refractivity contribution in [1.82, 2.24) is 10.1 Å². The molecule has 3 aromatic rings. The lowest BCUT2D eigenvalue weighted by molar-refractivity contribution is -0.114. The fourth-order valence-electron chi connectivity index (χ4n) is 2.00. The van der Waals surface area contributed by atoms with Crippen molar-refractivity contribution in [2.75, 3.05) is 5.32 Å². The molecule has 23 heavy (non-hydrogen) atoms. The Balaban J connectivity index is 1.73. The van der Waals surface area contributed by atoms with Gasteiger partial charge in [-0.3, -0.25) is 4.79 Å². The number of amides is 1. The summed E-state index contributed by atoms with van der Waals surface area (Å²) < 4.78 is 11.0. The van der Waals surface area contributed by atoms with Gasteiger partial charge in [0.25, 0.3) is 5.89 Å². The summed E-state index contributed by atoms with van der Waals surface area (Å²) in [5, 5.41) is 10.5. The van der Waals surface area contributed by atoms with Crippen LogP contribution in [0.2, 0.25) is 0 Å². The van der Waals surface area contributed by atoms with Crippen molar-refractivity contribution in [3.8, 4) is 17.2 Å². The number of thiophene rings is 1. The molecular weight excluding hydrogens is 314 g/mol. The fraction of sp³-hybridized carbons (Fsp3) is 0.188. The number of benzene rings is 1. The van der Waals surface area contributed by atoms with Crippen LogP contribution in [0.3, 0.4) is 0 Å². The number of hydrogen-bond acceptors (Lipinski definition) is 6. The highest BCUT2D eigenvalue weighted by Gasteiger charge is 2.11. The molecule has 6 nitrogen and oxygen atoms in total. The third-order valence-corrected chi connectivity index (χ3v) is 3.72. The van der Waals surface area contributed by atoms with Gasteiger partial charge in [0.05, 0.1) is 11.3 Å². The summed E-state index contributed by atoms with van der Waals surface area (Å²) in [4.78, 5) is 15.6. The number of carbonyl (C=O) groups excluding carboxylic acids is 1. The predicted octanol–water partition coefficient (Wildman–Crippen LogP) is 3.64. The van der Waals surface area contributed by atoms with E-state index in [4.69, 9.17) is 9.26 Å². The molecule has 0 aliphatic carbocycles. The minimum absolute atomic E-state index is 0.155. The molecule has 2 heterocycles. The zero-order valence-corrected chi connectivity index (χ0v) is 13.5. The molecule has 3 rings (SSSR count). The number of anilines is 1. The molecule has 0 aliphatic heterocycles. The summed E-state index contributed by atoms with van der Waals surface area (Å²) in [5.74, 6) is 1.33. The van der Waals surface area contributed by atoms with Crippen LogP contribution in [0.4, 0.5) is 5.69 Å². The van der Waals surface area contributed by atoms with Gasteiger partial charge < -0.3 is 14.6 Å². The van der Waals surface area contributed by atoms with E-state index in [9.17, 15) is 4.79 Å². The summed E-state index contributed by atoms with van der Waals surface area (Å²) >= 11 is 1.56. The Hall–Kier alpha value is -2.67. The highest BCUT2D eigenvalue weighted by Crippen LogP contribution is 2.27. The molecule has 1 amide bonds. The molecule has 118 valence electrons. The van der Waals surface area contributed by atoms with Gasteiger partial charge in [-0.05, 0) is 36.1 Å². The van der Waals surface area contributed by atoms with Crippen LogP contribution in [0.1, 0.15) is 18.3 Å². The largest absolute Gasteiger partial charge is 0.483 e. The Morgan fingerprint density at radius 2 is 2.26 bits per heavy atom. The van der Waals surface area contributed by atoms with Gasteiger partial charge in [0.1, 0.15) is 5.75 Å². The summed E-state index contributed by atoms with van der Waals surface area (Å²) in [6, 6.07) is 7.48. The number of nitrogens with zero attached hydrogens (tertiary/aromatic N) is 2. The van der Waals surface area contributed by atoms with Gasteiger partial charge in [0, 0.05) is 12.3 Å². The summed E-state index contributed by atoms with van der Waals surface area (Å²) in [7, 11) is 0. The predicted molar refractivity (Wildman–Crippen MR) is 87.4 cm³/mol. The molecule has 0 atom stereocenters. The van der Waals surface area contributed by atoms with Crippen LogP contribution >= 0.6 is 11.3 Å². The van der Waals surface area contributed by atoms with E-state index in [2.05, 4.69) is 15.5 Å². The second kappa shape index (κ2) is 6.62. The number of hydrogen-bond donors (Lipinski definition) is 1. The molecule has 1 N–H and O–H groups in total. The molecule has 0 saturated carbocycles. The van der Waals surface area contributed by atoms with Gasteiger partial charge >= 0.3 is 0 Å². The lowest BCUT2D eigenvalue weighted by Gasteiger charge is -2.11. The van der Waals surface area contributed by atoms with Crippen molar-refractivity contribution in [2.45, 2.75) is 20.5 Å². The summed E-state index contributed by atoms with van der Waals surface area (Å²) in [6.45, 7) is 3.56.